The summed E-state index contributed by atoms with van der Waals surface area (Å²) in [5.41, 5.74) is 5.53. The first kappa shape index (κ1) is 8.23. The van der Waals surface area contributed by atoms with Gasteiger partial charge in [0, 0.05) is 31.9 Å². The highest BCUT2D eigenvalue weighted by Crippen LogP contribution is 1.97. The minimum atomic E-state index is -0.198. The molecule has 0 radical (unpaired) electrons. The van der Waals surface area contributed by atoms with Crippen molar-refractivity contribution in [1.82, 2.24) is 9.55 Å². The lowest BCUT2D eigenvalue weighted by atomic mass is 10.2. The summed E-state index contributed by atoms with van der Waals surface area (Å²) >= 11 is 0. The number of imidazole rings is 1. The van der Waals surface area contributed by atoms with E-state index in [0.29, 0.717) is 6.42 Å². The van der Waals surface area contributed by atoms with Crippen molar-refractivity contribution in [1.29, 1.82) is 0 Å². The van der Waals surface area contributed by atoms with E-state index in [-0.39, 0.29) is 12.6 Å². The second-order valence-corrected chi connectivity index (χ2v) is 2.60. The lowest BCUT2D eigenvalue weighted by molar-refractivity contribution is 0.263. The molecule has 11 heavy (non-hydrogen) atoms. The van der Waals surface area contributed by atoms with Gasteiger partial charge in [0.2, 0.25) is 0 Å². The Labute approximate surface area is 65.7 Å². The highest BCUT2D eigenvalue weighted by Gasteiger charge is 2.05. The molecule has 1 aromatic heterocycles. The van der Waals surface area contributed by atoms with E-state index in [2.05, 4.69) is 4.98 Å². The van der Waals surface area contributed by atoms with Crippen LogP contribution in [0.15, 0.2) is 12.4 Å². The molecule has 1 atom stereocenters. The first-order chi connectivity index (χ1) is 5.24. The molecular weight excluding hydrogens is 142 g/mol. The van der Waals surface area contributed by atoms with E-state index in [4.69, 9.17) is 10.8 Å². The third kappa shape index (κ3) is 2.03. The third-order valence-electron chi connectivity index (χ3n) is 1.60. The molecule has 1 unspecified atom stereocenters. The fraction of sp³-hybridized carbons (Fsp3) is 0.571. The molecule has 0 aromatic carbocycles. The summed E-state index contributed by atoms with van der Waals surface area (Å²) in [6, 6.07) is -0.198. The summed E-state index contributed by atoms with van der Waals surface area (Å²) in [5, 5.41) is 8.66. The van der Waals surface area contributed by atoms with E-state index >= 15 is 0 Å². The second kappa shape index (κ2) is 3.50. The monoisotopic (exact) mass is 155 g/mol. The molecule has 3 N–H and O–H groups in total. The van der Waals surface area contributed by atoms with Crippen LogP contribution in [0.1, 0.15) is 5.82 Å². The Bertz CT molecular complexity index is 221. The van der Waals surface area contributed by atoms with E-state index in [1.807, 2.05) is 17.8 Å². The van der Waals surface area contributed by atoms with Crippen molar-refractivity contribution in [2.24, 2.45) is 12.8 Å². The largest absolute Gasteiger partial charge is 0.395 e. The molecule has 0 bridgehead atoms. The number of nitrogens with two attached hydrogens (primary N) is 1. The van der Waals surface area contributed by atoms with Crippen LogP contribution >= 0.6 is 0 Å². The molecule has 0 fully saturated rings. The molecule has 0 aliphatic heterocycles. The number of nitrogens with zero attached hydrogens (tertiary/aromatic N) is 2. The number of hydrogen-bond donors (Lipinski definition) is 2. The van der Waals surface area contributed by atoms with Crippen LogP contribution in [0.3, 0.4) is 0 Å². The zero-order valence-corrected chi connectivity index (χ0v) is 6.57. The fourth-order valence-corrected chi connectivity index (χ4v) is 0.892. The van der Waals surface area contributed by atoms with E-state index < -0.39 is 0 Å². The molecule has 0 spiro atoms. The van der Waals surface area contributed by atoms with Crippen LogP contribution in [0, 0.1) is 0 Å². The van der Waals surface area contributed by atoms with Crippen molar-refractivity contribution in [2.45, 2.75) is 12.5 Å². The van der Waals surface area contributed by atoms with Gasteiger partial charge in [0.05, 0.1) is 6.61 Å². The summed E-state index contributed by atoms with van der Waals surface area (Å²) in [7, 11) is 1.91. The second-order valence-electron chi connectivity index (χ2n) is 2.60. The van der Waals surface area contributed by atoms with E-state index in [1.54, 1.807) is 6.20 Å². The zero-order chi connectivity index (χ0) is 8.27. The van der Waals surface area contributed by atoms with Gasteiger partial charge in [0.1, 0.15) is 5.82 Å². The zero-order valence-electron chi connectivity index (χ0n) is 6.57. The number of rotatable bonds is 3. The Hall–Kier alpha value is -0.870. The van der Waals surface area contributed by atoms with Gasteiger partial charge in [-0.05, 0) is 0 Å². The summed E-state index contributed by atoms with van der Waals surface area (Å²) in [6.07, 6.45) is 4.21. The quantitative estimate of drug-likeness (QED) is 0.605. The van der Waals surface area contributed by atoms with E-state index in [1.165, 1.54) is 0 Å². The number of aryl methyl sites for hydroxylation is 1. The minimum absolute atomic E-state index is 0.00681. The van der Waals surface area contributed by atoms with Gasteiger partial charge >= 0.3 is 0 Å². The number of aliphatic hydroxyl groups is 1. The van der Waals surface area contributed by atoms with E-state index in [9.17, 15) is 0 Å². The normalized spacial score (nSPS) is 13.4. The van der Waals surface area contributed by atoms with Crippen molar-refractivity contribution in [3.8, 4) is 0 Å². The summed E-state index contributed by atoms with van der Waals surface area (Å²) in [5.74, 6) is 0.909. The lowest BCUT2D eigenvalue weighted by Gasteiger charge is -2.06. The smallest absolute Gasteiger partial charge is 0.110 e. The summed E-state index contributed by atoms with van der Waals surface area (Å²) in [6.45, 7) is 0.00681. The van der Waals surface area contributed by atoms with Crippen molar-refractivity contribution >= 4 is 0 Å². The molecule has 0 aliphatic carbocycles. The lowest BCUT2D eigenvalue weighted by Crippen LogP contribution is -2.28. The molecular formula is C7H13N3O. The van der Waals surface area contributed by atoms with Gasteiger partial charge in [0.15, 0.2) is 0 Å². The first-order valence-electron chi connectivity index (χ1n) is 3.56. The van der Waals surface area contributed by atoms with Crippen molar-refractivity contribution in [3.63, 3.8) is 0 Å². The molecule has 0 saturated carbocycles. The Kier molecular flexibility index (Phi) is 2.62. The maximum absolute atomic E-state index is 8.66. The SMILES string of the molecule is Cn1ccnc1CC(N)CO. The van der Waals surface area contributed by atoms with Crippen molar-refractivity contribution in [3.05, 3.63) is 18.2 Å². The van der Waals surface area contributed by atoms with Gasteiger partial charge in [-0.15, -0.1) is 0 Å². The topological polar surface area (TPSA) is 64.1 Å². The summed E-state index contributed by atoms with van der Waals surface area (Å²) in [4.78, 5) is 4.08. The standard InChI is InChI=1S/C7H13N3O/c1-10-3-2-9-7(10)4-6(8)5-11/h2-3,6,11H,4-5,8H2,1H3. The van der Waals surface area contributed by atoms with E-state index in [0.717, 1.165) is 5.82 Å². The Morgan fingerprint density at radius 1 is 1.82 bits per heavy atom. The van der Waals surface area contributed by atoms with Gasteiger partial charge in [-0.2, -0.15) is 0 Å². The maximum Gasteiger partial charge on any atom is 0.110 e. The molecule has 1 heterocycles. The van der Waals surface area contributed by atoms with Gasteiger partial charge < -0.3 is 15.4 Å². The van der Waals surface area contributed by atoms with Crippen LogP contribution in [-0.2, 0) is 13.5 Å². The van der Waals surface area contributed by atoms with Crippen LogP contribution in [0.5, 0.6) is 0 Å². The number of aromatic nitrogens is 2. The average Bonchev–Trinajstić information content (AvgIpc) is 2.37. The molecule has 4 heteroatoms. The van der Waals surface area contributed by atoms with Crippen LogP contribution in [0.4, 0.5) is 0 Å². The Balaban J connectivity index is 2.56. The average molecular weight is 155 g/mol. The highest BCUT2D eigenvalue weighted by molar-refractivity contribution is 4.93. The Morgan fingerprint density at radius 3 is 3.00 bits per heavy atom. The summed E-state index contributed by atoms with van der Waals surface area (Å²) < 4.78 is 1.90. The first-order valence-corrected chi connectivity index (χ1v) is 3.56. The molecule has 62 valence electrons. The molecule has 0 saturated heterocycles. The van der Waals surface area contributed by atoms with Gasteiger partial charge in [-0.1, -0.05) is 0 Å². The van der Waals surface area contributed by atoms with Crippen LogP contribution in [0.25, 0.3) is 0 Å². The number of hydrogen-bond acceptors (Lipinski definition) is 3. The third-order valence-corrected chi connectivity index (χ3v) is 1.60. The molecule has 0 aliphatic rings. The molecule has 0 amide bonds. The highest BCUT2D eigenvalue weighted by atomic mass is 16.3. The van der Waals surface area contributed by atoms with Gasteiger partial charge in [-0.25, -0.2) is 4.98 Å². The van der Waals surface area contributed by atoms with Crippen molar-refractivity contribution < 1.29 is 5.11 Å². The predicted octanol–water partition coefficient (Wildman–Crippen LogP) is -0.718. The van der Waals surface area contributed by atoms with Crippen molar-refractivity contribution in [2.75, 3.05) is 6.61 Å². The van der Waals surface area contributed by atoms with Crippen LogP contribution < -0.4 is 5.73 Å². The van der Waals surface area contributed by atoms with Crippen LogP contribution in [-0.4, -0.2) is 27.3 Å². The molecule has 1 aromatic rings. The van der Waals surface area contributed by atoms with Gasteiger partial charge in [-0.3, -0.25) is 0 Å². The molecule has 4 nitrogen and oxygen atoms in total. The Morgan fingerprint density at radius 2 is 2.55 bits per heavy atom. The maximum atomic E-state index is 8.66. The van der Waals surface area contributed by atoms with Crippen LogP contribution in [0.2, 0.25) is 0 Å². The minimum Gasteiger partial charge on any atom is -0.395 e. The predicted molar refractivity (Wildman–Crippen MR) is 42.0 cm³/mol. The van der Waals surface area contributed by atoms with Gasteiger partial charge in [0.25, 0.3) is 0 Å². The fourth-order valence-electron chi connectivity index (χ4n) is 0.892. The molecule has 1 rings (SSSR count). The number of aliphatic hydroxyl groups excluding tert-OH is 1.